The minimum absolute atomic E-state index is 0.188. The second-order valence-corrected chi connectivity index (χ2v) is 11.6. The molecule has 0 N–H and O–H groups in total. The largest absolute Gasteiger partial charge is 0.384 e. The highest BCUT2D eigenvalue weighted by molar-refractivity contribution is 4.82. The molecule has 0 aliphatic carbocycles. The van der Waals surface area contributed by atoms with E-state index in [0.717, 1.165) is 0 Å². The van der Waals surface area contributed by atoms with Gasteiger partial charge in [0.2, 0.25) is 0 Å². The summed E-state index contributed by atoms with van der Waals surface area (Å²) in [7, 11) is 21.6. The van der Waals surface area contributed by atoms with Crippen LogP contribution < -0.4 is 0 Å². The number of methoxy groups -OCH3 is 13. The molecule has 46 heavy (non-hydrogen) atoms. The first-order valence-electron chi connectivity index (χ1n) is 15.1. The van der Waals surface area contributed by atoms with Crippen LogP contribution >= 0.6 is 0 Å². The molecule has 0 unspecified atom stereocenters. The quantitative estimate of drug-likeness (QED) is 0.110. The normalized spacial score (nSPS) is 12.1. The fraction of sp³-hybridized carbons (Fsp3) is 1.00. The number of ether oxygens (including phenoxy) is 14. The fourth-order valence-electron chi connectivity index (χ4n) is 5.15. The van der Waals surface area contributed by atoms with Crippen LogP contribution in [0, 0.1) is 22.2 Å². The maximum absolute atomic E-state index is 6.00. The van der Waals surface area contributed by atoms with E-state index in [0.29, 0.717) is 105 Å². The van der Waals surface area contributed by atoms with Crippen molar-refractivity contribution >= 4 is 0 Å². The summed E-state index contributed by atoms with van der Waals surface area (Å²) in [5.74, 6) is 0.361. The molecule has 14 heteroatoms. The van der Waals surface area contributed by atoms with E-state index < -0.39 is 0 Å². The first-order chi connectivity index (χ1) is 22.2. The SMILES string of the molecule is COCC(COC)(COC)COC.COCC(COC)(COC)COCC(COC)(COC)COC.COCC(COC)COC. The summed E-state index contributed by atoms with van der Waals surface area (Å²) in [6.07, 6.45) is 0. The third-order valence-electron chi connectivity index (χ3n) is 6.53. The monoisotopic (exact) mass is 678 g/mol. The van der Waals surface area contributed by atoms with Gasteiger partial charge in [-0.15, -0.1) is 0 Å². The molecular formula is C32H70O14. The van der Waals surface area contributed by atoms with Crippen molar-refractivity contribution in [3.63, 3.8) is 0 Å². The van der Waals surface area contributed by atoms with Crippen molar-refractivity contribution in [2.45, 2.75) is 0 Å². The molecule has 0 amide bonds. The Morgan fingerprint density at radius 3 is 0.587 bits per heavy atom. The Kier molecular flexibility index (Phi) is 37.2. The van der Waals surface area contributed by atoms with E-state index in [2.05, 4.69) is 0 Å². The molecule has 0 bridgehead atoms. The molecular weight excluding hydrogens is 608 g/mol. The molecule has 0 rings (SSSR count). The Balaban J connectivity index is -0.000000675. The van der Waals surface area contributed by atoms with Crippen molar-refractivity contribution in [3.8, 4) is 0 Å². The van der Waals surface area contributed by atoms with E-state index in [1.807, 2.05) is 0 Å². The molecule has 0 aromatic carbocycles. The average Bonchev–Trinajstić information content (AvgIpc) is 3.00. The Labute approximate surface area is 280 Å². The van der Waals surface area contributed by atoms with Crippen molar-refractivity contribution < 1.29 is 66.3 Å². The van der Waals surface area contributed by atoms with Crippen molar-refractivity contribution in [1.82, 2.24) is 0 Å². The van der Waals surface area contributed by atoms with Crippen LogP contribution in [-0.4, -0.2) is 192 Å². The number of rotatable bonds is 30. The fourth-order valence-corrected chi connectivity index (χ4v) is 5.15. The second kappa shape index (κ2) is 34.3. The molecule has 0 saturated carbocycles. The second-order valence-electron chi connectivity index (χ2n) is 11.6. The van der Waals surface area contributed by atoms with Crippen LogP contribution in [0.2, 0.25) is 0 Å². The zero-order chi connectivity index (χ0) is 35.6. The summed E-state index contributed by atoms with van der Waals surface area (Å²) in [5, 5.41) is 0. The van der Waals surface area contributed by atoms with Gasteiger partial charge in [0.05, 0.1) is 115 Å². The predicted octanol–water partition coefficient (Wildman–Crippen LogP) is 1.95. The summed E-state index contributed by atoms with van der Waals surface area (Å²) in [6.45, 7) is 8.19. The van der Waals surface area contributed by atoms with Gasteiger partial charge in [0, 0.05) is 98.3 Å². The van der Waals surface area contributed by atoms with Crippen LogP contribution in [0.3, 0.4) is 0 Å². The third kappa shape index (κ3) is 24.6. The molecule has 0 fully saturated rings. The van der Waals surface area contributed by atoms with E-state index in [9.17, 15) is 0 Å². The van der Waals surface area contributed by atoms with E-state index in [1.54, 1.807) is 92.4 Å². The predicted molar refractivity (Wildman–Crippen MR) is 176 cm³/mol. The smallest absolute Gasteiger partial charge is 0.0637 e. The van der Waals surface area contributed by atoms with Crippen LogP contribution in [0.1, 0.15) is 0 Å². The molecule has 0 heterocycles. The molecule has 0 aromatic rings. The Bertz CT molecular complexity index is 495. The molecule has 0 atom stereocenters. The van der Waals surface area contributed by atoms with Gasteiger partial charge < -0.3 is 66.3 Å². The van der Waals surface area contributed by atoms with Crippen molar-refractivity contribution in [2.75, 3.05) is 192 Å². The lowest BCUT2D eigenvalue weighted by molar-refractivity contribution is -0.125. The van der Waals surface area contributed by atoms with Gasteiger partial charge in [0.15, 0.2) is 0 Å². The minimum Gasteiger partial charge on any atom is -0.384 e. The molecule has 0 saturated heterocycles. The number of hydrogen-bond acceptors (Lipinski definition) is 14. The van der Waals surface area contributed by atoms with Gasteiger partial charge >= 0.3 is 0 Å². The summed E-state index contributed by atoms with van der Waals surface area (Å²) < 4.78 is 73.3. The van der Waals surface area contributed by atoms with Gasteiger partial charge in [-0.3, -0.25) is 0 Å². The molecule has 0 radical (unpaired) electrons. The van der Waals surface area contributed by atoms with Crippen LogP contribution in [0.25, 0.3) is 0 Å². The van der Waals surface area contributed by atoms with Crippen LogP contribution in [0.5, 0.6) is 0 Å². The van der Waals surface area contributed by atoms with E-state index in [-0.39, 0.29) is 16.2 Å². The molecule has 0 aliphatic heterocycles. The number of hydrogen-bond donors (Lipinski definition) is 0. The molecule has 0 aliphatic rings. The molecule has 0 spiro atoms. The first-order valence-corrected chi connectivity index (χ1v) is 15.1. The van der Waals surface area contributed by atoms with Crippen LogP contribution in [-0.2, 0) is 66.3 Å². The summed E-state index contributed by atoms with van der Waals surface area (Å²) in [6, 6.07) is 0. The van der Waals surface area contributed by atoms with Crippen molar-refractivity contribution in [1.29, 1.82) is 0 Å². The Morgan fingerprint density at radius 1 is 0.261 bits per heavy atom. The van der Waals surface area contributed by atoms with Crippen LogP contribution in [0.4, 0.5) is 0 Å². The van der Waals surface area contributed by atoms with Gasteiger partial charge in [-0.2, -0.15) is 0 Å². The molecule has 282 valence electrons. The van der Waals surface area contributed by atoms with Crippen molar-refractivity contribution in [3.05, 3.63) is 0 Å². The van der Waals surface area contributed by atoms with Crippen molar-refractivity contribution in [2.24, 2.45) is 22.2 Å². The summed E-state index contributed by atoms with van der Waals surface area (Å²) in [5.41, 5.74) is -0.887. The lowest BCUT2D eigenvalue weighted by Gasteiger charge is -2.35. The topological polar surface area (TPSA) is 129 Å². The highest BCUT2D eigenvalue weighted by Gasteiger charge is 2.35. The zero-order valence-corrected chi connectivity index (χ0v) is 31.4. The van der Waals surface area contributed by atoms with E-state index >= 15 is 0 Å². The summed E-state index contributed by atoms with van der Waals surface area (Å²) in [4.78, 5) is 0. The Morgan fingerprint density at radius 2 is 0.435 bits per heavy atom. The zero-order valence-electron chi connectivity index (χ0n) is 31.4. The maximum Gasteiger partial charge on any atom is 0.0637 e. The van der Waals surface area contributed by atoms with Crippen LogP contribution in [0.15, 0.2) is 0 Å². The molecule has 14 nitrogen and oxygen atoms in total. The maximum atomic E-state index is 6.00. The molecule has 0 aromatic heterocycles. The highest BCUT2D eigenvalue weighted by atomic mass is 16.5. The van der Waals surface area contributed by atoms with Gasteiger partial charge in [-0.05, 0) is 0 Å². The summed E-state index contributed by atoms with van der Waals surface area (Å²) >= 11 is 0. The highest BCUT2D eigenvalue weighted by Crippen LogP contribution is 2.24. The standard InChI is InChI=1S/C16H34O7.C9H20O4.C7H16O3/c1-17-7-15(8-18-2,9-19-3)13-23-14-16(10-20-4,11-21-5)12-22-6;1-10-5-9(6-11-2,7-12-3)8-13-4;1-8-4-7(5-9-2)6-10-3/h7-14H2,1-6H3;5-8H2,1-4H3;7H,4-6H2,1-3H3. The Hall–Kier alpha value is -0.560. The first kappa shape index (κ1) is 49.8. The van der Waals surface area contributed by atoms with Gasteiger partial charge in [-0.25, -0.2) is 0 Å². The average molecular weight is 679 g/mol. The van der Waals surface area contributed by atoms with E-state index in [4.69, 9.17) is 66.3 Å². The van der Waals surface area contributed by atoms with E-state index in [1.165, 1.54) is 0 Å². The van der Waals surface area contributed by atoms with Gasteiger partial charge in [-0.1, -0.05) is 0 Å². The lowest BCUT2D eigenvalue weighted by atomic mass is 9.90. The lowest BCUT2D eigenvalue weighted by Crippen LogP contribution is -2.45. The van der Waals surface area contributed by atoms with Gasteiger partial charge in [0.1, 0.15) is 0 Å². The third-order valence-corrected chi connectivity index (χ3v) is 6.53. The minimum atomic E-state index is -0.350. The van der Waals surface area contributed by atoms with Gasteiger partial charge in [0.25, 0.3) is 0 Å².